The highest BCUT2D eigenvalue weighted by Gasteiger charge is 2.16. The van der Waals surface area contributed by atoms with E-state index in [1.807, 2.05) is 6.07 Å². The first-order valence-corrected chi connectivity index (χ1v) is 8.58. The van der Waals surface area contributed by atoms with Gasteiger partial charge in [0.05, 0.1) is 23.8 Å². The third kappa shape index (κ3) is 6.10. The molecule has 0 atom stereocenters. The average molecular weight is 321 g/mol. The van der Waals surface area contributed by atoms with Crippen LogP contribution in [0.2, 0.25) is 0 Å². The molecule has 0 aliphatic heterocycles. The fourth-order valence-corrected chi connectivity index (χ4v) is 3.18. The topological polar surface area (TPSA) is 84.2 Å². The smallest absolute Gasteiger partial charge is 0.305 e. The summed E-state index contributed by atoms with van der Waals surface area (Å²) in [5.41, 5.74) is 0.224. The van der Waals surface area contributed by atoms with Gasteiger partial charge in [0.2, 0.25) is 0 Å². The third-order valence-corrected chi connectivity index (χ3v) is 4.73. The van der Waals surface area contributed by atoms with Crippen LogP contribution in [0.5, 0.6) is 0 Å². The van der Waals surface area contributed by atoms with Crippen molar-refractivity contribution in [1.82, 2.24) is 0 Å². The van der Waals surface area contributed by atoms with Crippen LogP contribution in [-0.2, 0) is 19.4 Å². The zero-order chi connectivity index (χ0) is 16.4. The van der Waals surface area contributed by atoms with E-state index in [4.69, 9.17) is 5.26 Å². The summed E-state index contributed by atoms with van der Waals surface area (Å²) >= 11 is 0. The van der Waals surface area contributed by atoms with Crippen molar-refractivity contribution >= 4 is 15.8 Å². The second-order valence-corrected chi connectivity index (χ2v) is 6.72. The van der Waals surface area contributed by atoms with Gasteiger partial charge < -0.3 is 4.74 Å². The van der Waals surface area contributed by atoms with Gasteiger partial charge in [-0.3, -0.25) is 4.79 Å². The Bertz CT molecular complexity index is 657. The van der Waals surface area contributed by atoms with Crippen molar-refractivity contribution < 1.29 is 17.9 Å². The van der Waals surface area contributed by atoms with Gasteiger partial charge in [-0.05, 0) is 31.4 Å². The molecule has 0 saturated heterocycles. The summed E-state index contributed by atoms with van der Waals surface area (Å²) in [7, 11) is -2.16. The van der Waals surface area contributed by atoms with Crippen LogP contribution < -0.4 is 0 Å². The number of nitrogens with zero attached hydrogens (tertiary/aromatic N) is 1. The summed E-state index contributed by atoms with van der Waals surface area (Å²) in [5, 5.41) is 9.06. The van der Waals surface area contributed by atoms with Crippen LogP contribution in [0.1, 0.15) is 25.7 Å². The maximum absolute atomic E-state index is 12.2. The van der Waals surface area contributed by atoms with E-state index in [-0.39, 0.29) is 22.2 Å². The van der Waals surface area contributed by atoms with Gasteiger partial charge in [-0.25, -0.2) is 8.42 Å². The van der Waals surface area contributed by atoms with Crippen molar-refractivity contribution in [2.75, 3.05) is 12.9 Å². The van der Waals surface area contributed by atoms with Gasteiger partial charge >= 0.3 is 5.97 Å². The molecule has 1 aromatic carbocycles. The first-order valence-electron chi connectivity index (χ1n) is 6.93. The second-order valence-electron chi connectivity index (χ2n) is 4.74. The Hall–Kier alpha value is -2.13. The Balaban J connectivity index is 2.56. The zero-order valence-electron chi connectivity index (χ0n) is 12.5. The van der Waals surface area contributed by atoms with Crippen molar-refractivity contribution in [3.8, 4) is 6.07 Å². The lowest BCUT2D eigenvalue weighted by Crippen LogP contribution is -2.08. The fourth-order valence-electron chi connectivity index (χ4n) is 1.84. The lowest BCUT2D eigenvalue weighted by atomic mass is 10.1. The molecule has 118 valence electrons. The quantitative estimate of drug-likeness (QED) is 0.417. The Labute approximate surface area is 131 Å². The molecule has 0 spiro atoms. The van der Waals surface area contributed by atoms with Gasteiger partial charge in [-0.1, -0.05) is 24.3 Å². The summed E-state index contributed by atoms with van der Waals surface area (Å²) in [6.07, 6.45) is 3.86. The predicted octanol–water partition coefficient (Wildman–Crippen LogP) is 2.64. The summed E-state index contributed by atoms with van der Waals surface area (Å²) < 4.78 is 28.9. The van der Waals surface area contributed by atoms with E-state index in [0.717, 1.165) is 0 Å². The number of hydrogen-bond acceptors (Lipinski definition) is 5. The molecule has 6 heteroatoms. The first kappa shape index (κ1) is 17.9. The predicted molar refractivity (Wildman–Crippen MR) is 82.7 cm³/mol. The maximum atomic E-state index is 12.2. The van der Waals surface area contributed by atoms with Crippen molar-refractivity contribution in [1.29, 1.82) is 5.26 Å². The molecule has 0 amide bonds. The van der Waals surface area contributed by atoms with Crippen LogP contribution in [0.15, 0.2) is 46.9 Å². The molecular formula is C16H19NO4S. The van der Waals surface area contributed by atoms with Crippen LogP contribution in [-0.4, -0.2) is 27.2 Å². The van der Waals surface area contributed by atoms with Gasteiger partial charge in [-0.15, -0.1) is 0 Å². The molecule has 0 N–H and O–H groups in total. The van der Waals surface area contributed by atoms with E-state index in [9.17, 15) is 13.2 Å². The van der Waals surface area contributed by atoms with Crippen molar-refractivity contribution in [3.63, 3.8) is 0 Å². The molecular weight excluding hydrogens is 302 g/mol. The highest BCUT2D eigenvalue weighted by atomic mass is 32.2. The lowest BCUT2D eigenvalue weighted by molar-refractivity contribution is -0.140. The van der Waals surface area contributed by atoms with E-state index < -0.39 is 9.84 Å². The Kier molecular flexibility index (Phi) is 7.33. The molecule has 1 rings (SSSR count). The number of carbonyl (C=O) groups is 1. The van der Waals surface area contributed by atoms with Crippen molar-refractivity contribution in [2.45, 2.75) is 30.6 Å². The Morgan fingerprint density at radius 1 is 1.27 bits per heavy atom. The Morgan fingerprint density at radius 3 is 2.55 bits per heavy atom. The maximum Gasteiger partial charge on any atom is 0.305 e. The number of unbranched alkanes of at least 4 members (excludes halogenated alkanes) is 2. The van der Waals surface area contributed by atoms with Gasteiger partial charge in [-0.2, -0.15) is 5.26 Å². The van der Waals surface area contributed by atoms with Gasteiger partial charge in [0.1, 0.15) is 0 Å². The standard InChI is InChI=1S/C16H19NO4S/c1-21-16(18)11-7-2-4-8-14(12-17)13-22(19,20)15-9-5-3-6-10-15/h3,5-6,8-10H,2,4,7,11,13H2,1H3/b14-8+. The minimum Gasteiger partial charge on any atom is -0.469 e. The van der Waals surface area contributed by atoms with E-state index in [1.54, 1.807) is 24.3 Å². The van der Waals surface area contributed by atoms with Crippen molar-refractivity contribution in [3.05, 3.63) is 42.0 Å². The summed E-state index contributed by atoms with van der Waals surface area (Å²) in [5.74, 6) is -0.569. The van der Waals surface area contributed by atoms with E-state index in [0.29, 0.717) is 25.7 Å². The number of esters is 1. The molecule has 0 aliphatic rings. The fraction of sp³-hybridized carbons (Fsp3) is 0.375. The van der Waals surface area contributed by atoms with E-state index in [2.05, 4.69) is 4.74 Å². The molecule has 0 fully saturated rings. The largest absolute Gasteiger partial charge is 0.469 e. The molecule has 0 heterocycles. The van der Waals surface area contributed by atoms with Crippen LogP contribution in [0.4, 0.5) is 0 Å². The Morgan fingerprint density at radius 2 is 1.95 bits per heavy atom. The summed E-state index contributed by atoms with van der Waals surface area (Å²) in [6.45, 7) is 0. The van der Waals surface area contributed by atoms with Crippen LogP contribution in [0.25, 0.3) is 0 Å². The molecule has 0 aromatic heterocycles. The third-order valence-electron chi connectivity index (χ3n) is 3.04. The molecule has 0 bridgehead atoms. The lowest BCUT2D eigenvalue weighted by Gasteiger charge is -2.03. The molecule has 0 unspecified atom stereocenters. The average Bonchev–Trinajstić information content (AvgIpc) is 2.53. The minimum absolute atomic E-state index is 0.210. The SMILES string of the molecule is COC(=O)CCCC/C=C(\C#N)CS(=O)(=O)c1ccccc1. The van der Waals surface area contributed by atoms with Gasteiger partial charge in [0, 0.05) is 12.0 Å². The molecule has 0 saturated carbocycles. The number of nitriles is 1. The number of hydrogen-bond donors (Lipinski definition) is 0. The summed E-state index contributed by atoms with van der Waals surface area (Å²) in [4.78, 5) is 11.2. The van der Waals surface area contributed by atoms with Crippen LogP contribution in [0, 0.1) is 11.3 Å². The molecule has 0 radical (unpaired) electrons. The number of benzene rings is 1. The second kappa shape index (κ2) is 9.00. The normalized spacial score (nSPS) is 11.7. The number of methoxy groups -OCH3 is 1. The molecule has 1 aromatic rings. The van der Waals surface area contributed by atoms with E-state index >= 15 is 0 Å². The van der Waals surface area contributed by atoms with Gasteiger partial charge in [0.15, 0.2) is 9.84 Å². The number of sulfone groups is 1. The van der Waals surface area contributed by atoms with Crippen LogP contribution >= 0.6 is 0 Å². The number of rotatable bonds is 8. The molecule has 0 aliphatic carbocycles. The number of allylic oxidation sites excluding steroid dienone is 1. The number of carbonyl (C=O) groups excluding carboxylic acids is 1. The van der Waals surface area contributed by atoms with Gasteiger partial charge in [0.25, 0.3) is 0 Å². The summed E-state index contributed by atoms with van der Waals surface area (Å²) in [6, 6.07) is 9.99. The van der Waals surface area contributed by atoms with Crippen LogP contribution in [0.3, 0.4) is 0 Å². The number of ether oxygens (including phenoxy) is 1. The minimum atomic E-state index is -3.50. The van der Waals surface area contributed by atoms with E-state index in [1.165, 1.54) is 19.2 Å². The monoisotopic (exact) mass is 321 g/mol. The highest BCUT2D eigenvalue weighted by Crippen LogP contribution is 2.14. The molecule has 5 nitrogen and oxygen atoms in total. The first-order chi connectivity index (χ1) is 10.5. The van der Waals surface area contributed by atoms with Crippen molar-refractivity contribution in [2.24, 2.45) is 0 Å². The zero-order valence-corrected chi connectivity index (χ0v) is 13.3. The highest BCUT2D eigenvalue weighted by molar-refractivity contribution is 7.91. The molecule has 22 heavy (non-hydrogen) atoms.